The molecule has 0 atom stereocenters. The van der Waals surface area contributed by atoms with Crippen molar-refractivity contribution in [2.24, 2.45) is 0 Å². The van der Waals surface area contributed by atoms with E-state index in [0.717, 1.165) is 0 Å². The van der Waals surface area contributed by atoms with Crippen molar-refractivity contribution in [3.8, 4) is 12.8 Å². The fourth-order valence-corrected chi connectivity index (χ4v) is 0. The molecule has 0 radical (unpaired) electrons. The summed E-state index contributed by atoms with van der Waals surface area (Å²) in [5, 5.41) is 0. The smallest absolute Gasteiger partial charge is 0.0776 e. The topological polar surface area (TPSA) is 0 Å². The first-order valence-electron chi connectivity index (χ1n) is 0.333. The van der Waals surface area contributed by atoms with Gasteiger partial charge in [-0.1, -0.05) is 319 Å². The van der Waals surface area contributed by atoms with Crippen LogP contribution in [0.4, 0.5) is 0 Å². The van der Waals surface area contributed by atoms with Gasteiger partial charge in [0.15, 0.2) is 0 Å². The van der Waals surface area contributed by atoms with Crippen molar-refractivity contribution < 1.29 is 0 Å². The summed E-state index contributed by atoms with van der Waals surface area (Å²) in [6, 6.07) is 0. The first-order valence-corrected chi connectivity index (χ1v) is 0.333. The van der Waals surface area contributed by atoms with Crippen molar-refractivity contribution in [3.05, 3.63) is 0 Å². The Labute approximate surface area is 331 Å². The molecular weight excluding hydrogens is 540 g/mol. The van der Waals surface area contributed by atoms with E-state index in [1.165, 1.54) is 0 Å². The monoisotopic (exact) mass is 715 g/mol. The highest BCUT2D eigenvalue weighted by molar-refractivity contribution is 4.47. The van der Waals surface area contributed by atoms with Gasteiger partial charge in [-0.05, 0) is 0 Å². The lowest BCUT2D eigenvalue weighted by atomic mass is 11.4. The van der Waals surface area contributed by atoms with Gasteiger partial charge < -0.3 is 0 Å². The van der Waals surface area contributed by atoms with Crippen LogP contribution in [0.15, 0.2) is 0 Å². The van der Waals surface area contributed by atoms with Crippen LogP contribution in [0.1, 0.15) is 319 Å². The molecule has 0 heteroatoms. The molecule has 0 rings (SSSR count). The van der Waals surface area contributed by atoms with Crippen molar-refractivity contribution in [1.29, 1.82) is 0 Å². The molecule has 0 nitrogen and oxygen atoms in total. The van der Waals surface area contributed by atoms with E-state index >= 15 is 0 Å². The summed E-state index contributed by atoms with van der Waals surface area (Å²) in [4.78, 5) is 0. The van der Waals surface area contributed by atoms with Crippen LogP contribution in [-0.4, -0.2) is 0 Å². The van der Waals surface area contributed by atoms with Gasteiger partial charge >= 0.3 is 0 Å². The van der Waals surface area contributed by atoms with Crippen LogP contribution in [-0.2, 0) is 0 Å². The lowest BCUT2D eigenvalue weighted by Crippen LogP contribution is -0.576. The summed E-state index contributed by atoms with van der Waals surface area (Å²) in [7, 11) is 0. The average molecular weight is 716 g/mol. The Hall–Kier alpha value is -0.440. The standard InChI is InChI=1S/C2H2.43CH4/c1-2;;;;;;;;;;;;;;;;;;;;;;;;;;;;;;;;;;;;;;;;;;;/h1-2H;43*1H4. The van der Waals surface area contributed by atoms with Gasteiger partial charge in [-0.3, -0.25) is 0 Å². The predicted molar refractivity (Wildman–Crippen MR) is 299 cm³/mol. The minimum absolute atomic E-state index is 0. The first kappa shape index (κ1) is 270000. The van der Waals surface area contributed by atoms with Crippen LogP contribution in [0.25, 0.3) is 0 Å². The van der Waals surface area contributed by atoms with Gasteiger partial charge in [-0.25, -0.2) is 0 Å². The number of hydrogen-bond donors (Lipinski definition) is 0. The van der Waals surface area contributed by atoms with Gasteiger partial charge in [0.05, 0.1) is 0 Å². The van der Waals surface area contributed by atoms with E-state index in [1.807, 2.05) is 0 Å². The van der Waals surface area contributed by atoms with Gasteiger partial charge in [0.25, 0.3) is 0 Å². The maximum absolute atomic E-state index is 4.00. The summed E-state index contributed by atoms with van der Waals surface area (Å²) in [6.45, 7) is 0. The van der Waals surface area contributed by atoms with E-state index in [4.69, 9.17) is 0 Å². The van der Waals surface area contributed by atoms with Crippen LogP contribution in [0.2, 0.25) is 0 Å². The number of hydrogen-bond acceptors (Lipinski definition) is 0. The van der Waals surface area contributed by atoms with Crippen LogP contribution in [0, 0.1) is 12.8 Å². The summed E-state index contributed by atoms with van der Waals surface area (Å²) < 4.78 is 0. The zero-order valence-corrected chi connectivity index (χ0v) is 1.15. The Balaban J connectivity index is -0.00000000000554. The molecule has 0 aromatic heterocycles. The molecule has 0 aromatic rings. The highest BCUT2D eigenvalue weighted by Crippen LogP contribution is 0.579. The normalized spacial score (nSPS) is 0.0444. The Bertz CT molecular complexity index is 4.75. The SMILES string of the molecule is C.C.C.C.C.C.C.C.C.C.C.C.C.C.C.C.C.C.C.C.C.C.C.C.C.C.C.C.C.C.C.C.C.C.C.C.C.C.C.C.C.C.C.C#C. The van der Waals surface area contributed by atoms with Crippen molar-refractivity contribution in [1.82, 2.24) is 0 Å². The van der Waals surface area contributed by atoms with E-state index in [2.05, 4.69) is 12.8 Å². The molecule has 0 aliphatic rings. The quantitative estimate of drug-likeness (QED) is 0.219. The molecule has 0 aliphatic heterocycles. The molecule has 0 fully saturated rings. The molecule has 0 saturated heterocycles. The third-order valence-corrected chi connectivity index (χ3v) is 0. The molecule has 354 valence electrons. The van der Waals surface area contributed by atoms with E-state index < -0.39 is 0 Å². The van der Waals surface area contributed by atoms with Crippen molar-refractivity contribution in [3.63, 3.8) is 0 Å². The molecule has 0 spiro atoms. The van der Waals surface area contributed by atoms with Gasteiger partial charge in [0.2, 0.25) is 0 Å². The summed E-state index contributed by atoms with van der Waals surface area (Å²) in [6.07, 6.45) is 8.00. The summed E-state index contributed by atoms with van der Waals surface area (Å²) >= 11 is 0. The van der Waals surface area contributed by atoms with Gasteiger partial charge in [-0.15, -0.1) is 12.8 Å². The third kappa shape index (κ3) is 389000. The van der Waals surface area contributed by atoms with Crippen LogP contribution >= 0.6 is 0 Å². The predicted octanol–water partition coefficient (Wildman–Crippen LogP) is 27.6. The summed E-state index contributed by atoms with van der Waals surface area (Å²) in [5.41, 5.74) is 0. The minimum Gasteiger partial charge on any atom is -0.124 e. The maximum Gasteiger partial charge on any atom is -0.0776 e. The van der Waals surface area contributed by atoms with Gasteiger partial charge in [0.1, 0.15) is 0 Å². The fourth-order valence-electron chi connectivity index (χ4n) is 0. The maximum atomic E-state index is 4.00. The zero-order valence-electron chi connectivity index (χ0n) is 1.15. The minimum atomic E-state index is 0. The first-order chi connectivity index (χ1) is 1.00. The zero-order chi connectivity index (χ0) is 2.00. The number of terminal acetylenes is 1. The molecule has 0 aromatic carbocycles. The number of rotatable bonds is 0. The average Bonchev–Trinajstić information content (AvgIpc) is 1.00. The highest BCUT2D eigenvalue weighted by Gasteiger charge is 0.454. The highest BCUT2D eigenvalue weighted by atomic mass is 12.6. The lowest BCUT2D eigenvalue weighted by molar-refractivity contribution is 2.50. The second-order valence-electron chi connectivity index (χ2n) is 0. The second-order valence-corrected chi connectivity index (χ2v) is 0. The molecule has 0 unspecified atom stereocenters. The third-order valence-electron chi connectivity index (χ3n) is 0. The second kappa shape index (κ2) is 408000. The largest absolute Gasteiger partial charge is 0.124 e. The molecule has 0 heterocycles. The van der Waals surface area contributed by atoms with E-state index in [9.17, 15) is 0 Å². The molecule has 0 N–H and O–H groups in total. The van der Waals surface area contributed by atoms with E-state index in [0.29, 0.717) is 0 Å². The van der Waals surface area contributed by atoms with Crippen molar-refractivity contribution in [2.75, 3.05) is 0 Å². The molecule has 0 aliphatic carbocycles. The molecule has 0 saturated carbocycles. The van der Waals surface area contributed by atoms with Crippen LogP contribution in [0.5, 0.6) is 0 Å². The Kier molecular flexibility index (Phi) is 2440000000. The lowest BCUT2D eigenvalue weighted by Gasteiger charge is -0.701. The molecular formula is C45H174. The Morgan fingerprint density at radius 1 is 0.0667 bits per heavy atom. The summed E-state index contributed by atoms with van der Waals surface area (Å²) in [5.74, 6) is 0. The van der Waals surface area contributed by atoms with Crippen molar-refractivity contribution in [2.45, 2.75) is 319 Å². The van der Waals surface area contributed by atoms with Crippen molar-refractivity contribution >= 4 is 0 Å². The molecule has 0 bridgehead atoms. The molecule has 45 heavy (non-hydrogen) atoms. The Morgan fingerprint density at radius 2 is 0.0667 bits per heavy atom. The van der Waals surface area contributed by atoms with Crippen LogP contribution in [0.3, 0.4) is 0 Å². The fraction of sp³-hybridized carbons (Fsp3) is 0.956. The van der Waals surface area contributed by atoms with Gasteiger partial charge in [-0.2, -0.15) is 0 Å². The van der Waals surface area contributed by atoms with E-state index in [-0.39, 0.29) is 319 Å². The Morgan fingerprint density at radius 3 is 0.0667 bits per heavy atom. The van der Waals surface area contributed by atoms with Gasteiger partial charge in [0, 0.05) is 0 Å². The van der Waals surface area contributed by atoms with E-state index in [1.54, 1.807) is 0 Å². The molecule has 0 amide bonds. The van der Waals surface area contributed by atoms with Crippen LogP contribution < -0.4 is 0 Å².